The van der Waals surface area contributed by atoms with Crippen molar-refractivity contribution in [2.24, 2.45) is 0 Å². The van der Waals surface area contributed by atoms with Crippen molar-refractivity contribution in [2.45, 2.75) is 77.0 Å². The van der Waals surface area contributed by atoms with E-state index in [2.05, 4.69) is 195 Å². The van der Waals surface area contributed by atoms with Gasteiger partial charge in [-0.05, 0) is 145 Å². The molecule has 0 atom stereocenters. The maximum absolute atomic E-state index is 2.71. The van der Waals surface area contributed by atoms with E-state index in [1.807, 2.05) is 0 Å². The Kier molecular flexibility index (Phi) is 5.94. The maximum Gasteiger partial charge on any atom is 0.244 e. The minimum atomic E-state index is -0.160. The third kappa shape index (κ3) is 3.70. The van der Waals surface area contributed by atoms with Gasteiger partial charge < -0.3 is 0 Å². The first-order valence-electron chi connectivity index (χ1n) is 23.2. The largest absolute Gasteiger partial charge is 0.244 e. The third-order valence-electron chi connectivity index (χ3n) is 17.6. The molecule has 0 spiro atoms. The van der Waals surface area contributed by atoms with Gasteiger partial charge >= 0.3 is 0 Å². The molecule has 0 nitrogen and oxygen atoms in total. The van der Waals surface area contributed by atoms with Gasteiger partial charge in [0.2, 0.25) is 6.71 Å². The molecule has 0 radical (unpaired) electrons. The van der Waals surface area contributed by atoms with Gasteiger partial charge in [-0.1, -0.05) is 199 Å². The predicted molar refractivity (Wildman–Crippen MR) is 267 cm³/mol. The lowest BCUT2D eigenvalue weighted by atomic mass is 9.30. The Labute approximate surface area is 370 Å². The monoisotopic (exact) mass is 802 g/mol. The van der Waals surface area contributed by atoms with Crippen LogP contribution < -0.4 is 16.4 Å². The van der Waals surface area contributed by atoms with Crippen molar-refractivity contribution in [1.29, 1.82) is 0 Å². The fourth-order valence-electron chi connectivity index (χ4n) is 14.7. The zero-order chi connectivity index (χ0) is 42.4. The van der Waals surface area contributed by atoms with Crippen LogP contribution in [0.1, 0.15) is 99.9 Å². The summed E-state index contributed by atoms with van der Waals surface area (Å²) in [4.78, 5) is 0. The first-order chi connectivity index (χ1) is 30.3. The van der Waals surface area contributed by atoms with Gasteiger partial charge in [-0.15, -0.1) is 0 Å². The summed E-state index contributed by atoms with van der Waals surface area (Å²) in [5.74, 6) is 0. The van der Waals surface area contributed by atoms with E-state index in [0.717, 1.165) is 0 Å². The molecule has 0 bridgehead atoms. The molecule has 298 valence electrons. The second kappa shape index (κ2) is 10.7. The van der Waals surface area contributed by atoms with Crippen LogP contribution in [0.5, 0.6) is 0 Å². The molecule has 6 aliphatic rings. The molecule has 2 heterocycles. The standard InChI is InChI=1S/C62H47B/c1-59(2)40-24-13-9-18-34(40)50-44(59)28-38-32-22-17-23-33-39-29-45-51(35-19-10-14-25-41(35)60(45,3)4)57-53-37-21-12-16-27-43(37)62(7,8)47(53)31-49(55(39)57)63(58(32)33)48-30-46-52(56(50)54(38)48)36-20-11-15-26-42(36)61(46,5)6/h9-31H,1-8H3. The van der Waals surface area contributed by atoms with Crippen LogP contribution in [0.15, 0.2) is 140 Å². The summed E-state index contributed by atoms with van der Waals surface area (Å²) in [5.41, 5.74) is 32.4. The summed E-state index contributed by atoms with van der Waals surface area (Å²) in [7, 11) is 0. The van der Waals surface area contributed by atoms with E-state index in [0.29, 0.717) is 0 Å². The van der Waals surface area contributed by atoms with E-state index >= 15 is 0 Å². The topological polar surface area (TPSA) is 0 Å². The second-order valence-electron chi connectivity index (χ2n) is 21.9. The molecule has 4 aliphatic carbocycles. The van der Waals surface area contributed by atoms with Crippen LogP contribution in [0.25, 0.3) is 88.3 Å². The van der Waals surface area contributed by atoms with E-state index in [9.17, 15) is 0 Å². The lowest BCUT2D eigenvalue weighted by Crippen LogP contribution is -2.57. The molecule has 0 N–H and O–H groups in total. The van der Waals surface area contributed by atoms with Crippen LogP contribution in [0.3, 0.4) is 0 Å². The Balaban J connectivity index is 1.18. The number of rotatable bonds is 0. The lowest BCUT2D eigenvalue weighted by molar-refractivity contribution is 0.660. The minimum absolute atomic E-state index is 0.0706. The van der Waals surface area contributed by atoms with E-state index in [1.165, 1.54) is 149 Å². The maximum atomic E-state index is 2.71. The lowest BCUT2D eigenvalue weighted by Gasteiger charge is -2.38. The van der Waals surface area contributed by atoms with Crippen molar-refractivity contribution in [1.82, 2.24) is 0 Å². The Morgan fingerprint density at radius 2 is 0.556 bits per heavy atom. The van der Waals surface area contributed by atoms with E-state index in [4.69, 9.17) is 0 Å². The molecule has 63 heavy (non-hydrogen) atoms. The van der Waals surface area contributed by atoms with Crippen LogP contribution in [0, 0.1) is 0 Å². The molecule has 2 aliphatic heterocycles. The molecule has 0 fully saturated rings. The van der Waals surface area contributed by atoms with Crippen molar-refractivity contribution < 1.29 is 0 Å². The highest BCUT2D eigenvalue weighted by atomic mass is 14.5. The first kappa shape index (κ1) is 35.1. The molecule has 1 heteroatoms. The van der Waals surface area contributed by atoms with Crippen LogP contribution >= 0.6 is 0 Å². The van der Waals surface area contributed by atoms with Crippen molar-refractivity contribution in [3.63, 3.8) is 0 Å². The molecular formula is C62H47B. The fourth-order valence-corrected chi connectivity index (χ4v) is 14.7. The van der Waals surface area contributed by atoms with Gasteiger partial charge in [-0.2, -0.15) is 0 Å². The molecule has 0 aromatic heterocycles. The highest BCUT2D eigenvalue weighted by molar-refractivity contribution is 7.01. The zero-order valence-corrected chi connectivity index (χ0v) is 37.4. The second-order valence-corrected chi connectivity index (χ2v) is 21.9. The SMILES string of the molecule is CC1(C)c2ccccc2-c2c1cc1c3c(cc4c(c23)-c2ccccc2C4(C)C)-c2cccc3c2B1c1cc2c(c4c5c(cc-3c14)C(C)(C)c1ccccc1-5)-c1ccccc1C2(C)C. The Morgan fingerprint density at radius 1 is 0.270 bits per heavy atom. The Bertz CT molecular complexity index is 3460. The normalized spacial score (nSPS) is 17.7. The van der Waals surface area contributed by atoms with Crippen molar-refractivity contribution in [3.05, 3.63) is 184 Å². The molecular weight excluding hydrogens is 755 g/mol. The zero-order valence-electron chi connectivity index (χ0n) is 37.4. The summed E-state index contributed by atoms with van der Waals surface area (Å²) >= 11 is 0. The molecule has 9 aromatic carbocycles. The molecule has 15 rings (SSSR count). The quantitative estimate of drug-likeness (QED) is 0.134. The highest BCUT2D eigenvalue weighted by Gasteiger charge is 2.50. The summed E-state index contributed by atoms with van der Waals surface area (Å²) in [6, 6.07) is 55.3. The van der Waals surface area contributed by atoms with E-state index in [1.54, 1.807) is 0 Å². The number of fused-ring (bicyclic) bond motifs is 20. The third-order valence-corrected chi connectivity index (χ3v) is 17.6. The van der Waals surface area contributed by atoms with Crippen molar-refractivity contribution >= 4 is 44.6 Å². The molecule has 0 saturated carbocycles. The summed E-state index contributed by atoms with van der Waals surface area (Å²) in [6.45, 7) is 19.8. The highest BCUT2D eigenvalue weighted by Crippen LogP contribution is 2.62. The average Bonchev–Trinajstić information content (AvgIpc) is 3.86. The number of hydrogen-bond acceptors (Lipinski definition) is 0. The minimum Gasteiger partial charge on any atom is -0.0619 e. The average molecular weight is 803 g/mol. The Hall–Kier alpha value is -6.44. The summed E-state index contributed by atoms with van der Waals surface area (Å²) in [5, 5.41) is 5.83. The van der Waals surface area contributed by atoms with Gasteiger partial charge in [0.25, 0.3) is 0 Å². The summed E-state index contributed by atoms with van der Waals surface area (Å²) in [6.07, 6.45) is 0. The van der Waals surface area contributed by atoms with Gasteiger partial charge in [-0.25, -0.2) is 0 Å². The van der Waals surface area contributed by atoms with Gasteiger partial charge in [0.15, 0.2) is 0 Å². The number of hydrogen-bond donors (Lipinski definition) is 0. The summed E-state index contributed by atoms with van der Waals surface area (Å²) < 4.78 is 0. The van der Waals surface area contributed by atoms with E-state index in [-0.39, 0.29) is 28.4 Å². The van der Waals surface area contributed by atoms with Gasteiger partial charge in [0.1, 0.15) is 0 Å². The van der Waals surface area contributed by atoms with Crippen LogP contribution in [-0.2, 0) is 21.7 Å². The van der Waals surface area contributed by atoms with Gasteiger partial charge in [0.05, 0.1) is 0 Å². The molecule has 0 amide bonds. The molecule has 9 aromatic rings. The fraction of sp³-hybridized carbons (Fsp3) is 0.194. The van der Waals surface area contributed by atoms with E-state index < -0.39 is 0 Å². The van der Waals surface area contributed by atoms with Crippen LogP contribution in [0.4, 0.5) is 0 Å². The predicted octanol–water partition coefficient (Wildman–Crippen LogP) is 13.7. The van der Waals surface area contributed by atoms with Crippen LogP contribution in [0.2, 0.25) is 0 Å². The molecule has 0 saturated heterocycles. The van der Waals surface area contributed by atoms with Crippen molar-refractivity contribution in [2.75, 3.05) is 0 Å². The van der Waals surface area contributed by atoms with Gasteiger partial charge in [-0.3, -0.25) is 0 Å². The first-order valence-corrected chi connectivity index (χ1v) is 23.2. The van der Waals surface area contributed by atoms with Crippen molar-refractivity contribution in [3.8, 4) is 66.8 Å². The van der Waals surface area contributed by atoms with Crippen LogP contribution in [-0.4, -0.2) is 6.71 Å². The Morgan fingerprint density at radius 3 is 0.889 bits per heavy atom. The number of benzene rings is 9. The van der Waals surface area contributed by atoms with Gasteiger partial charge in [0, 0.05) is 21.7 Å². The smallest absolute Gasteiger partial charge is 0.0619 e. The molecule has 0 unspecified atom stereocenters.